The van der Waals surface area contributed by atoms with E-state index in [4.69, 9.17) is 42.6 Å². The van der Waals surface area contributed by atoms with Gasteiger partial charge in [0, 0.05) is 25.5 Å². The van der Waals surface area contributed by atoms with Crippen molar-refractivity contribution in [1.82, 2.24) is 0 Å². The molecule has 24 atom stereocenters. The summed E-state index contributed by atoms with van der Waals surface area (Å²) in [7, 11) is 1.49. The first-order valence-corrected chi connectivity index (χ1v) is 23.2. The zero-order valence-corrected chi connectivity index (χ0v) is 36.8. The summed E-state index contributed by atoms with van der Waals surface area (Å²) in [5, 5.41) is 138. The lowest BCUT2D eigenvalue weighted by Gasteiger charge is -2.52. The van der Waals surface area contributed by atoms with Crippen molar-refractivity contribution in [1.29, 1.82) is 0 Å². The zero-order valence-electron chi connectivity index (χ0n) is 36.8. The quantitative estimate of drug-likeness (QED) is 0.0572. The average molecular weight is 955 g/mol. The number of allylic oxidation sites excluding steroid dienone is 1. The van der Waals surface area contributed by atoms with Gasteiger partial charge in [0.25, 0.3) is 0 Å². The first-order valence-electron chi connectivity index (χ1n) is 23.2. The Labute approximate surface area is 381 Å². The first-order chi connectivity index (χ1) is 31.5. The van der Waals surface area contributed by atoms with Gasteiger partial charge in [-0.3, -0.25) is 0 Å². The number of rotatable bonds is 14. The lowest BCUT2D eigenvalue weighted by Crippen LogP contribution is -2.66. The molecule has 380 valence electrons. The molecule has 7 rings (SSSR count). The van der Waals surface area contributed by atoms with Crippen LogP contribution >= 0.6 is 0 Å². The van der Waals surface area contributed by atoms with Gasteiger partial charge in [0.1, 0.15) is 79.9 Å². The summed E-state index contributed by atoms with van der Waals surface area (Å²) < 4.78 is 53.8. The van der Waals surface area contributed by atoms with Crippen molar-refractivity contribution >= 4 is 5.97 Å². The van der Waals surface area contributed by atoms with Gasteiger partial charge in [0.15, 0.2) is 18.9 Å². The maximum Gasteiger partial charge on any atom is 0.330 e. The molecule has 7 fully saturated rings. The van der Waals surface area contributed by atoms with Gasteiger partial charge in [0.2, 0.25) is 0 Å². The number of aliphatic hydroxyl groups is 13. The van der Waals surface area contributed by atoms with E-state index >= 15 is 0 Å². The highest BCUT2D eigenvalue weighted by molar-refractivity contribution is 5.81. The summed E-state index contributed by atoms with van der Waals surface area (Å²) in [6.07, 6.45) is -24.4. The third-order valence-corrected chi connectivity index (χ3v) is 14.6. The largest absolute Gasteiger partial charge is 0.460 e. The fraction of sp³-hybridized carbons (Fsp3) is 0.930. The van der Waals surface area contributed by atoms with Crippen molar-refractivity contribution in [3.8, 4) is 0 Å². The van der Waals surface area contributed by atoms with Crippen LogP contribution in [0.5, 0.6) is 0 Å². The van der Waals surface area contributed by atoms with Crippen LogP contribution in [0.4, 0.5) is 0 Å². The molecule has 13 N–H and O–H groups in total. The van der Waals surface area contributed by atoms with E-state index in [9.17, 15) is 71.2 Å². The first kappa shape index (κ1) is 52.2. The van der Waals surface area contributed by atoms with Crippen LogP contribution in [-0.2, 0) is 47.4 Å². The molecule has 4 saturated heterocycles. The maximum atomic E-state index is 12.7. The number of fused-ring (bicyclic) bond motifs is 1. The van der Waals surface area contributed by atoms with Crippen molar-refractivity contribution < 1.29 is 114 Å². The Morgan fingerprint density at radius 3 is 1.80 bits per heavy atom. The third kappa shape index (κ3) is 11.8. The fourth-order valence-electron chi connectivity index (χ4n) is 10.7. The summed E-state index contributed by atoms with van der Waals surface area (Å²) >= 11 is 0. The van der Waals surface area contributed by atoms with Crippen LogP contribution in [0.15, 0.2) is 12.2 Å². The van der Waals surface area contributed by atoms with E-state index in [-0.39, 0.29) is 31.1 Å². The number of esters is 1. The Bertz CT molecular complexity index is 1550. The van der Waals surface area contributed by atoms with Gasteiger partial charge < -0.3 is 109 Å². The van der Waals surface area contributed by atoms with E-state index in [1.165, 1.54) is 13.2 Å². The summed E-state index contributed by atoms with van der Waals surface area (Å²) in [4.78, 5) is 12.7. The predicted molar refractivity (Wildman–Crippen MR) is 217 cm³/mol. The second kappa shape index (κ2) is 23.1. The van der Waals surface area contributed by atoms with Gasteiger partial charge in [-0.05, 0) is 69.6 Å². The molecule has 0 radical (unpaired) electrons. The van der Waals surface area contributed by atoms with Crippen molar-refractivity contribution in [2.24, 2.45) is 17.8 Å². The fourth-order valence-corrected chi connectivity index (χ4v) is 10.7. The Balaban J connectivity index is 1.08. The molecule has 4 heterocycles. The molecule has 0 spiro atoms. The normalized spacial score (nSPS) is 50.5. The van der Waals surface area contributed by atoms with Crippen molar-refractivity contribution in [2.45, 2.75) is 205 Å². The molecule has 4 aliphatic heterocycles. The number of carbonyl (C=O) groups is 1. The minimum absolute atomic E-state index is 0.0217. The molecule has 0 amide bonds. The molecule has 0 aromatic carbocycles. The SMILES string of the molecule is COC1CC(C=CC(=O)OC[C@@H]2O[C@H](O[C@@H]3[C@@H](OC4CC5C(CC(O)CC5O[C@H]5O[C@@H](CO)[C@H](O)[C@@H](O)[C@@H]5O)OC4C4CCC(O)CC4)O[C@@H](CO)[C@H](O)[C@H]3O)[C@H](O)[C@H](O)[C@H]2O)CCC1O. The van der Waals surface area contributed by atoms with E-state index < -0.39 is 173 Å². The maximum absolute atomic E-state index is 12.7. The third-order valence-electron chi connectivity index (χ3n) is 14.6. The number of aliphatic hydroxyl groups excluding tert-OH is 13. The Kier molecular flexibility index (Phi) is 18.2. The zero-order chi connectivity index (χ0) is 47.6. The van der Waals surface area contributed by atoms with Crippen LogP contribution in [0.1, 0.15) is 64.2 Å². The summed E-state index contributed by atoms with van der Waals surface area (Å²) in [6.45, 7) is -2.09. The number of carbonyl (C=O) groups excluding carboxylic acids is 1. The van der Waals surface area contributed by atoms with Crippen molar-refractivity contribution in [3.05, 3.63) is 12.2 Å². The highest BCUT2D eigenvalue weighted by atomic mass is 16.8. The van der Waals surface area contributed by atoms with E-state index in [0.29, 0.717) is 44.9 Å². The lowest BCUT2D eigenvalue weighted by atomic mass is 9.73. The standard InChI is InChI=1S/C43H70O23/c1-58-25-10-17(2-8-22(25)48)3-9-30(49)59-16-29-33(52)35(54)38(57)42(65-29)66-40-36(55)32(51)28(15-45)64-43(40)62-26-13-21-23(60-39(26)18-4-6-19(46)7-5-18)11-20(47)12-24(21)61-41-37(56)34(53)31(50)27(14-44)63-41/h3,9,17-29,31-48,50-57H,2,4-8,10-16H2,1H3/t17?,18?,19?,20?,21?,22?,23?,24?,25?,26?,27-,28-,29-,31-,32-,33-,34+,35+,36+,37-,38+,39?,40-,41-,42+,43-/m0/s1. The van der Waals surface area contributed by atoms with Crippen LogP contribution < -0.4 is 0 Å². The number of methoxy groups -OCH3 is 1. The summed E-state index contributed by atoms with van der Waals surface area (Å²) in [6, 6.07) is 0. The Morgan fingerprint density at radius 1 is 0.561 bits per heavy atom. The smallest absolute Gasteiger partial charge is 0.330 e. The number of hydrogen-bond acceptors (Lipinski definition) is 23. The molecule has 0 aromatic rings. The van der Waals surface area contributed by atoms with E-state index in [1.807, 2.05) is 0 Å². The molecule has 23 nitrogen and oxygen atoms in total. The Hall–Kier alpha value is -1.63. The molecule has 3 saturated carbocycles. The van der Waals surface area contributed by atoms with Crippen LogP contribution in [0.2, 0.25) is 0 Å². The molecule has 3 aliphatic carbocycles. The van der Waals surface area contributed by atoms with Gasteiger partial charge in [-0.1, -0.05) is 6.08 Å². The molecular weight excluding hydrogens is 884 g/mol. The minimum atomic E-state index is -1.96. The van der Waals surface area contributed by atoms with Crippen molar-refractivity contribution in [3.63, 3.8) is 0 Å². The topological polar surface area (TPSA) is 363 Å². The highest BCUT2D eigenvalue weighted by Crippen LogP contribution is 2.45. The van der Waals surface area contributed by atoms with Crippen LogP contribution in [0.25, 0.3) is 0 Å². The van der Waals surface area contributed by atoms with Crippen molar-refractivity contribution in [2.75, 3.05) is 26.9 Å². The van der Waals surface area contributed by atoms with Crippen LogP contribution in [-0.4, -0.2) is 240 Å². The minimum Gasteiger partial charge on any atom is -0.460 e. The molecule has 0 bridgehead atoms. The van der Waals surface area contributed by atoms with Gasteiger partial charge in [0.05, 0.1) is 62.0 Å². The molecule has 7 aliphatic rings. The molecule has 9 unspecified atom stereocenters. The molecule has 66 heavy (non-hydrogen) atoms. The van der Waals surface area contributed by atoms with E-state index in [2.05, 4.69) is 0 Å². The van der Waals surface area contributed by atoms with Gasteiger partial charge in [-0.15, -0.1) is 0 Å². The summed E-state index contributed by atoms with van der Waals surface area (Å²) in [5.41, 5.74) is 0. The lowest BCUT2D eigenvalue weighted by molar-refractivity contribution is -0.380. The number of hydrogen-bond donors (Lipinski definition) is 13. The molecule has 0 aromatic heterocycles. The highest BCUT2D eigenvalue weighted by Gasteiger charge is 2.56. The van der Waals surface area contributed by atoms with Gasteiger partial charge in [-0.25, -0.2) is 4.79 Å². The van der Waals surface area contributed by atoms with E-state index in [1.54, 1.807) is 6.08 Å². The second-order valence-corrected chi connectivity index (χ2v) is 19.0. The molecule has 23 heteroatoms. The monoisotopic (exact) mass is 954 g/mol. The van der Waals surface area contributed by atoms with E-state index in [0.717, 1.165) is 0 Å². The van der Waals surface area contributed by atoms with Gasteiger partial charge >= 0.3 is 5.97 Å². The summed E-state index contributed by atoms with van der Waals surface area (Å²) in [5.74, 6) is -1.68. The van der Waals surface area contributed by atoms with Gasteiger partial charge in [-0.2, -0.15) is 0 Å². The Morgan fingerprint density at radius 2 is 1.15 bits per heavy atom. The number of ether oxygens (including phenoxy) is 9. The predicted octanol–water partition coefficient (Wildman–Crippen LogP) is -5.06. The molecular formula is C43H70O23. The average Bonchev–Trinajstić information content (AvgIpc) is 3.30. The van der Waals surface area contributed by atoms with Crippen LogP contribution in [0.3, 0.4) is 0 Å². The van der Waals surface area contributed by atoms with Crippen LogP contribution in [0, 0.1) is 17.8 Å². The second-order valence-electron chi connectivity index (χ2n) is 19.0.